The maximum atomic E-state index is 12.1. The number of hydrogen-bond acceptors (Lipinski definition) is 6. The van der Waals surface area contributed by atoms with E-state index in [-0.39, 0.29) is 28.1 Å². The van der Waals surface area contributed by atoms with Crippen molar-refractivity contribution in [1.82, 2.24) is 15.2 Å². The minimum absolute atomic E-state index is 0.0943. The molecule has 0 aliphatic heterocycles. The number of thioether (sulfide) groups is 1. The van der Waals surface area contributed by atoms with E-state index in [9.17, 15) is 9.59 Å². The highest BCUT2D eigenvalue weighted by Crippen LogP contribution is 2.17. The van der Waals surface area contributed by atoms with Crippen molar-refractivity contribution in [2.75, 3.05) is 17.7 Å². The van der Waals surface area contributed by atoms with Crippen molar-refractivity contribution < 1.29 is 9.53 Å². The van der Waals surface area contributed by atoms with Crippen molar-refractivity contribution in [3.63, 3.8) is 0 Å². The molecule has 148 valence electrons. The molecule has 1 heterocycles. The lowest BCUT2D eigenvalue weighted by Crippen LogP contribution is -2.17. The average Bonchev–Trinajstić information content (AvgIpc) is 2.74. The number of carbonyl (C=O) groups is 1. The van der Waals surface area contributed by atoms with E-state index in [0.717, 1.165) is 23.1 Å². The van der Waals surface area contributed by atoms with Gasteiger partial charge in [0, 0.05) is 5.69 Å². The number of nitrogens with zero attached hydrogens (tertiary/aromatic N) is 2. The van der Waals surface area contributed by atoms with Crippen LogP contribution in [0.5, 0.6) is 5.75 Å². The van der Waals surface area contributed by atoms with Gasteiger partial charge in [0.2, 0.25) is 5.91 Å². The molecule has 0 aliphatic rings. The molecule has 2 N–H and O–H groups in total. The molecule has 0 unspecified atom stereocenters. The fraction of sp³-hybridized carbons (Fsp3) is 0.143. The maximum absolute atomic E-state index is 12.1. The van der Waals surface area contributed by atoms with Crippen LogP contribution >= 0.6 is 11.8 Å². The van der Waals surface area contributed by atoms with Crippen LogP contribution in [-0.4, -0.2) is 33.4 Å². The van der Waals surface area contributed by atoms with Gasteiger partial charge in [-0.1, -0.05) is 48.2 Å². The molecule has 0 atom stereocenters. The van der Waals surface area contributed by atoms with Crippen LogP contribution in [0.3, 0.4) is 0 Å². The number of anilines is 1. The van der Waals surface area contributed by atoms with Crippen molar-refractivity contribution in [3.8, 4) is 5.75 Å². The Bertz CT molecular complexity index is 1030. The van der Waals surface area contributed by atoms with E-state index in [1.54, 1.807) is 36.4 Å². The summed E-state index contributed by atoms with van der Waals surface area (Å²) in [6.45, 7) is 2.49. The lowest BCUT2D eigenvalue weighted by Gasteiger charge is -2.06. The van der Waals surface area contributed by atoms with Gasteiger partial charge in [-0.15, -0.1) is 10.2 Å². The molecular weight excluding hydrogens is 388 g/mol. The van der Waals surface area contributed by atoms with Gasteiger partial charge in [-0.25, -0.2) is 0 Å². The van der Waals surface area contributed by atoms with Crippen LogP contribution in [0.4, 0.5) is 5.69 Å². The second-order valence-corrected chi connectivity index (χ2v) is 6.85. The molecular formula is C21H20N4O3S. The highest BCUT2D eigenvalue weighted by molar-refractivity contribution is 7.99. The molecule has 0 spiro atoms. The van der Waals surface area contributed by atoms with E-state index in [1.807, 2.05) is 37.3 Å². The van der Waals surface area contributed by atoms with Gasteiger partial charge in [0.05, 0.1) is 12.4 Å². The molecule has 8 heteroatoms. The Kier molecular flexibility index (Phi) is 7.18. The fourth-order valence-corrected chi connectivity index (χ4v) is 2.98. The first-order valence-corrected chi connectivity index (χ1v) is 9.98. The van der Waals surface area contributed by atoms with Crippen LogP contribution in [-0.2, 0) is 4.79 Å². The minimum Gasteiger partial charge on any atom is -0.494 e. The van der Waals surface area contributed by atoms with E-state index in [4.69, 9.17) is 4.74 Å². The number of carbonyl (C=O) groups excluding carboxylic acids is 1. The summed E-state index contributed by atoms with van der Waals surface area (Å²) in [5.74, 6) is 0.626. The third kappa shape index (κ3) is 6.32. The lowest BCUT2D eigenvalue weighted by atomic mass is 10.2. The maximum Gasteiger partial charge on any atom is 0.277 e. The first kappa shape index (κ1) is 20.3. The molecule has 0 bridgehead atoms. The van der Waals surface area contributed by atoms with Crippen molar-refractivity contribution in [3.05, 3.63) is 76.2 Å². The molecule has 3 rings (SSSR count). The van der Waals surface area contributed by atoms with E-state index < -0.39 is 0 Å². The van der Waals surface area contributed by atoms with Gasteiger partial charge in [-0.3, -0.25) is 14.6 Å². The van der Waals surface area contributed by atoms with Gasteiger partial charge in [0.1, 0.15) is 5.75 Å². The third-order valence-electron chi connectivity index (χ3n) is 3.72. The predicted molar refractivity (Wildman–Crippen MR) is 115 cm³/mol. The fourth-order valence-electron chi connectivity index (χ4n) is 2.38. The normalized spacial score (nSPS) is 10.8. The van der Waals surface area contributed by atoms with Gasteiger partial charge in [-0.05, 0) is 42.8 Å². The van der Waals surface area contributed by atoms with E-state index in [0.29, 0.717) is 12.3 Å². The van der Waals surface area contributed by atoms with Gasteiger partial charge in [0.25, 0.3) is 5.56 Å². The summed E-state index contributed by atoms with van der Waals surface area (Å²) >= 11 is 1.11. The number of benzene rings is 2. The van der Waals surface area contributed by atoms with Crippen molar-refractivity contribution >= 4 is 35.5 Å². The zero-order chi connectivity index (χ0) is 20.5. The first-order valence-electron chi connectivity index (χ1n) is 8.99. The highest BCUT2D eigenvalue weighted by Gasteiger charge is 2.07. The van der Waals surface area contributed by atoms with E-state index >= 15 is 0 Å². The predicted octanol–water partition coefficient (Wildman–Crippen LogP) is 3.46. The molecule has 0 fully saturated rings. The summed E-state index contributed by atoms with van der Waals surface area (Å²) in [4.78, 5) is 26.9. The molecule has 29 heavy (non-hydrogen) atoms. The monoisotopic (exact) mass is 408 g/mol. The Morgan fingerprint density at radius 1 is 1.10 bits per heavy atom. The summed E-state index contributed by atoms with van der Waals surface area (Å²) in [5, 5.41) is 11.0. The van der Waals surface area contributed by atoms with Crippen LogP contribution < -0.4 is 15.6 Å². The first-order chi connectivity index (χ1) is 14.1. The number of ether oxygens (including phenoxy) is 1. The zero-order valence-electron chi connectivity index (χ0n) is 15.8. The SMILES string of the molecule is CCOc1ccc(NC(=O)CSc2nnc(/C=C/c3ccccc3)c(=O)[nH]2)cc1. The second-order valence-electron chi connectivity index (χ2n) is 5.88. The van der Waals surface area contributed by atoms with Gasteiger partial charge in [0.15, 0.2) is 10.9 Å². The highest BCUT2D eigenvalue weighted by atomic mass is 32.2. The Morgan fingerprint density at radius 2 is 1.86 bits per heavy atom. The summed E-state index contributed by atoms with van der Waals surface area (Å²) in [6, 6.07) is 16.7. The molecule has 0 saturated carbocycles. The smallest absolute Gasteiger partial charge is 0.277 e. The molecule has 2 aromatic carbocycles. The minimum atomic E-state index is -0.360. The molecule has 1 amide bonds. The molecule has 3 aromatic rings. The summed E-state index contributed by atoms with van der Waals surface area (Å²) in [7, 11) is 0. The number of H-pyrrole nitrogens is 1. The zero-order valence-corrected chi connectivity index (χ0v) is 16.6. The second kappa shape index (κ2) is 10.2. The summed E-state index contributed by atoms with van der Waals surface area (Å²) in [6.07, 6.45) is 3.39. The quantitative estimate of drug-likeness (QED) is 0.554. The van der Waals surface area contributed by atoms with E-state index in [1.165, 1.54) is 0 Å². The largest absolute Gasteiger partial charge is 0.494 e. The van der Waals surface area contributed by atoms with Crippen molar-refractivity contribution in [2.45, 2.75) is 12.1 Å². The number of aromatic amines is 1. The van der Waals surface area contributed by atoms with Crippen LogP contribution in [0.1, 0.15) is 18.2 Å². The number of amides is 1. The van der Waals surface area contributed by atoms with Crippen LogP contribution in [0.2, 0.25) is 0 Å². The average molecular weight is 408 g/mol. The van der Waals surface area contributed by atoms with Gasteiger partial charge in [-0.2, -0.15) is 0 Å². The Balaban J connectivity index is 1.54. The molecule has 7 nitrogen and oxygen atoms in total. The molecule has 0 saturated heterocycles. The van der Waals surface area contributed by atoms with Crippen molar-refractivity contribution in [1.29, 1.82) is 0 Å². The molecule has 0 radical (unpaired) electrons. The molecule has 1 aromatic heterocycles. The third-order valence-corrected chi connectivity index (χ3v) is 4.59. The van der Waals surface area contributed by atoms with Crippen molar-refractivity contribution in [2.24, 2.45) is 0 Å². The van der Waals surface area contributed by atoms with Crippen LogP contribution in [0.15, 0.2) is 64.5 Å². The van der Waals surface area contributed by atoms with Crippen LogP contribution in [0, 0.1) is 0 Å². The number of rotatable bonds is 8. The van der Waals surface area contributed by atoms with Gasteiger partial charge < -0.3 is 10.1 Å². The van der Waals surface area contributed by atoms with Gasteiger partial charge >= 0.3 is 0 Å². The lowest BCUT2D eigenvalue weighted by molar-refractivity contribution is -0.113. The standard InChI is InChI=1S/C21H20N4O3S/c1-2-28-17-11-9-16(10-12-17)22-19(26)14-29-21-23-20(27)18(24-25-21)13-8-15-6-4-3-5-7-15/h3-13H,2,14H2,1H3,(H,22,26)(H,23,25,27)/b13-8+. The Hall–Kier alpha value is -3.39. The number of hydrogen-bond donors (Lipinski definition) is 2. The van der Waals surface area contributed by atoms with Crippen LogP contribution in [0.25, 0.3) is 12.2 Å². The topological polar surface area (TPSA) is 97.0 Å². The number of nitrogens with one attached hydrogen (secondary N) is 2. The number of aromatic nitrogens is 3. The Morgan fingerprint density at radius 3 is 2.55 bits per heavy atom. The molecule has 0 aliphatic carbocycles. The Labute approximate surface area is 172 Å². The van der Waals surface area contributed by atoms with E-state index in [2.05, 4.69) is 20.5 Å². The summed E-state index contributed by atoms with van der Waals surface area (Å²) in [5.41, 5.74) is 1.47. The summed E-state index contributed by atoms with van der Waals surface area (Å²) < 4.78 is 5.36.